The average molecular weight is 190 g/mol. The van der Waals surface area contributed by atoms with Crippen molar-refractivity contribution in [2.75, 3.05) is 0 Å². The maximum Gasteiger partial charge on any atom is 0.248 e. The van der Waals surface area contributed by atoms with Crippen molar-refractivity contribution in [1.29, 1.82) is 0 Å². The molecule has 14 heavy (non-hydrogen) atoms. The number of hydrogen-bond donors (Lipinski definition) is 0. The minimum atomic E-state index is 2.00. The molecule has 2 aromatic heterocycles. The Morgan fingerprint density at radius 3 is 1.57 bits per heavy atom. The Morgan fingerprint density at radius 2 is 1.29 bits per heavy atom. The van der Waals surface area contributed by atoms with Crippen LogP contribution in [-0.2, 0) is 14.1 Å². The van der Waals surface area contributed by atoms with Crippen LogP contribution in [0, 0.1) is 0 Å². The first-order valence-electron chi connectivity index (χ1n) is 4.48. The lowest BCUT2D eigenvalue weighted by molar-refractivity contribution is -0.670. The van der Waals surface area contributed by atoms with Crippen LogP contribution in [0.15, 0.2) is 37.4 Å². The fraction of sp³-hybridized carbons (Fsp3) is 0.200. The number of nitrogens with zero attached hydrogens (tertiary/aromatic N) is 4. The minimum Gasteiger partial charge on any atom is -0.239 e. The second-order valence-electron chi connectivity index (χ2n) is 3.35. The molecule has 2 rings (SSSR count). The summed E-state index contributed by atoms with van der Waals surface area (Å²) < 4.78 is 8.00. The van der Waals surface area contributed by atoms with E-state index in [1.807, 2.05) is 82.2 Å². The lowest BCUT2D eigenvalue weighted by Crippen LogP contribution is -2.23. The normalized spacial score (nSPS) is 11.3. The van der Waals surface area contributed by atoms with E-state index >= 15 is 0 Å². The Labute approximate surface area is 83.0 Å². The van der Waals surface area contributed by atoms with E-state index in [-0.39, 0.29) is 0 Å². The lowest BCUT2D eigenvalue weighted by Gasteiger charge is -1.82. The highest BCUT2D eigenvalue weighted by atomic mass is 15.1. The van der Waals surface area contributed by atoms with E-state index in [0.29, 0.717) is 0 Å². The number of imidazole rings is 2. The molecule has 0 radical (unpaired) electrons. The summed E-state index contributed by atoms with van der Waals surface area (Å²) in [5.74, 6) is 0. The van der Waals surface area contributed by atoms with E-state index in [4.69, 9.17) is 0 Å². The first-order chi connectivity index (χ1) is 6.74. The van der Waals surface area contributed by atoms with Gasteiger partial charge in [-0.1, -0.05) is 0 Å². The van der Waals surface area contributed by atoms with E-state index < -0.39 is 0 Å². The minimum absolute atomic E-state index is 2.00. The molecule has 0 aromatic carbocycles. The number of hydrogen-bond acceptors (Lipinski definition) is 0. The van der Waals surface area contributed by atoms with Crippen molar-refractivity contribution in [2.45, 2.75) is 0 Å². The topological polar surface area (TPSA) is 17.6 Å². The van der Waals surface area contributed by atoms with E-state index in [1.165, 1.54) is 0 Å². The Bertz CT molecular complexity index is 408. The van der Waals surface area contributed by atoms with Crippen LogP contribution in [0.4, 0.5) is 0 Å². The largest absolute Gasteiger partial charge is 0.248 e. The van der Waals surface area contributed by atoms with Crippen molar-refractivity contribution in [3.8, 4) is 0 Å². The standard InChI is InChI=1S/C10H14N4/c1-11-3-5-13(9-11)7-8-14-6-4-12(2)10-14/h3-10H,1-2H3/q+2. The van der Waals surface area contributed by atoms with Gasteiger partial charge in [0.05, 0.1) is 14.1 Å². The van der Waals surface area contributed by atoms with Crippen molar-refractivity contribution in [3.05, 3.63) is 37.4 Å². The van der Waals surface area contributed by atoms with Gasteiger partial charge in [0, 0.05) is 0 Å². The molecule has 0 spiro atoms. The van der Waals surface area contributed by atoms with Gasteiger partial charge < -0.3 is 0 Å². The van der Waals surface area contributed by atoms with E-state index in [2.05, 4.69) is 0 Å². The fourth-order valence-corrected chi connectivity index (χ4v) is 1.27. The molecule has 4 nitrogen and oxygen atoms in total. The first kappa shape index (κ1) is 8.74. The van der Waals surface area contributed by atoms with Crippen LogP contribution in [0.25, 0.3) is 12.4 Å². The van der Waals surface area contributed by atoms with Gasteiger partial charge in [-0.05, 0) is 0 Å². The van der Waals surface area contributed by atoms with Crippen molar-refractivity contribution >= 4 is 12.4 Å². The van der Waals surface area contributed by atoms with Crippen LogP contribution in [-0.4, -0.2) is 9.13 Å². The van der Waals surface area contributed by atoms with Crippen LogP contribution >= 0.6 is 0 Å². The molecule has 0 aliphatic rings. The smallest absolute Gasteiger partial charge is 0.239 e. The van der Waals surface area contributed by atoms with Gasteiger partial charge in [0.2, 0.25) is 12.7 Å². The van der Waals surface area contributed by atoms with Crippen LogP contribution in [0.2, 0.25) is 0 Å². The maximum absolute atomic E-state index is 2.00. The lowest BCUT2D eigenvalue weighted by atomic mass is 10.8. The molecule has 4 heteroatoms. The highest BCUT2D eigenvalue weighted by Crippen LogP contribution is 1.89. The number of aromatic nitrogens is 4. The molecule has 72 valence electrons. The molecule has 0 fully saturated rings. The van der Waals surface area contributed by atoms with E-state index in [1.54, 1.807) is 0 Å². The summed E-state index contributed by atoms with van der Waals surface area (Å²) in [6.07, 6.45) is 16.0. The molecular formula is C10H14N4+2. The van der Waals surface area contributed by atoms with Crippen LogP contribution in [0.5, 0.6) is 0 Å². The maximum atomic E-state index is 2.00. The van der Waals surface area contributed by atoms with Crippen LogP contribution < -0.4 is 9.13 Å². The summed E-state index contributed by atoms with van der Waals surface area (Å²) in [6, 6.07) is 0. The number of aryl methyl sites for hydroxylation is 2. The Balaban J connectivity index is 2.14. The molecule has 0 aliphatic heterocycles. The quantitative estimate of drug-likeness (QED) is 0.594. The van der Waals surface area contributed by atoms with Crippen molar-refractivity contribution < 1.29 is 9.13 Å². The van der Waals surface area contributed by atoms with E-state index in [0.717, 1.165) is 0 Å². The molecule has 2 heterocycles. The summed E-state index contributed by atoms with van der Waals surface area (Å²) in [5.41, 5.74) is 0. The molecule has 0 unspecified atom stereocenters. The molecule has 2 aromatic rings. The third-order valence-electron chi connectivity index (χ3n) is 1.99. The molecular weight excluding hydrogens is 176 g/mol. The van der Waals surface area contributed by atoms with Gasteiger partial charge in [-0.15, -0.1) is 0 Å². The van der Waals surface area contributed by atoms with Crippen molar-refractivity contribution in [2.24, 2.45) is 14.1 Å². The van der Waals surface area contributed by atoms with Crippen molar-refractivity contribution in [3.63, 3.8) is 0 Å². The second-order valence-corrected chi connectivity index (χ2v) is 3.35. The molecule has 0 amide bonds. The third kappa shape index (κ3) is 1.90. The van der Waals surface area contributed by atoms with Gasteiger partial charge in [0.25, 0.3) is 0 Å². The Kier molecular flexibility index (Phi) is 2.18. The summed E-state index contributed by atoms with van der Waals surface area (Å²) in [4.78, 5) is 0. The molecule has 0 N–H and O–H groups in total. The molecule has 0 saturated carbocycles. The molecule has 0 atom stereocenters. The zero-order valence-corrected chi connectivity index (χ0v) is 8.41. The van der Waals surface area contributed by atoms with E-state index in [9.17, 15) is 0 Å². The van der Waals surface area contributed by atoms with Gasteiger partial charge in [-0.25, -0.2) is 18.3 Å². The molecule has 0 aliphatic carbocycles. The highest BCUT2D eigenvalue weighted by molar-refractivity contribution is 5.42. The van der Waals surface area contributed by atoms with Gasteiger partial charge in [0.1, 0.15) is 37.2 Å². The first-order valence-corrected chi connectivity index (χ1v) is 4.48. The zero-order chi connectivity index (χ0) is 9.97. The highest BCUT2D eigenvalue weighted by Gasteiger charge is 1.97. The molecule has 0 bridgehead atoms. The Morgan fingerprint density at radius 1 is 0.857 bits per heavy atom. The predicted octanol–water partition coefficient (Wildman–Crippen LogP) is 0.0240. The fourth-order valence-electron chi connectivity index (χ4n) is 1.27. The van der Waals surface area contributed by atoms with Crippen LogP contribution in [0.3, 0.4) is 0 Å². The predicted molar refractivity (Wildman–Crippen MR) is 52.7 cm³/mol. The Hall–Kier alpha value is -1.84. The van der Waals surface area contributed by atoms with Crippen molar-refractivity contribution in [1.82, 2.24) is 9.13 Å². The second kappa shape index (κ2) is 3.49. The van der Waals surface area contributed by atoms with Crippen LogP contribution in [0.1, 0.15) is 0 Å². The summed E-state index contributed by atoms with van der Waals surface area (Å²) >= 11 is 0. The number of rotatable bonds is 2. The monoisotopic (exact) mass is 190 g/mol. The van der Waals surface area contributed by atoms with Gasteiger partial charge in [-0.3, -0.25) is 0 Å². The zero-order valence-electron chi connectivity index (χ0n) is 8.41. The SMILES string of the molecule is C[n+]1ccn(C=Cn2cc[n+](C)c2)c1. The van der Waals surface area contributed by atoms with Gasteiger partial charge in [-0.2, -0.15) is 0 Å². The van der Waals surface area contributed by atoms with Gasteiger partial charge in [0.15, 0.2) is 0 Å². The summed E-state index contributed by atoms with van der Waals surface area (Å²) in [5, 5.41) is 0. The average Bonchev–Trinajstić information content (AvgIpc) is 2.72. The molecule has 0 saturated heterocycles. The summed E-state index contributed by atoms with van der Waals surface area (Å²) in [7, 11) is 4.00. The third-order valence-corrected chi connectivity index (χ3v) is 1.99. The summed E-state index contributed by atoms with van der Waals surface area (Å²) in [6.45, 7) is 0. The van der Waals surface area contributed by atoms with Gasteiger partial charge >= 0.3 is 0 Å².